The first-order valence-electron chi connectivity index (χ1n) is 7.49. The monoisotopic (exact) mass is 424 g/mol. The third-order valence-electron chi connectivity index (χ3n) is 3.63. The lowest BCUT2D eigenvalue weighted by molar-refractivity contribution is -0.137. The highest BCUT2D eigenvalue weighted by atomic mass is 35.5. The number of benzene rings is 2. The number of nitrogens with zero attached hydrogens (tertiary/aromatic N) is 2. The van der Waals surface area contributed by atoms with Gasteiger partial charge < -0.3 is 0 Å². The molecule has 3 aromatic rings. The molecule has 136 valence electrons. The van der Waals surface area contributed by atoms with E-state index in [4.69, 9.17) is 23.2 Å². The molecule has 0 spiro atoms. The Morgan fingerprint density at radius 3 is 2.56 bits per heavy atom. The molecule has 2 nitrogen and oxygen atoms in total. The number of thiazole rings is 1. The predicted molar refractivity (Wildman–Crippen MR) is 102 cm³/mol. The zero-order chi connectivity index (χ0) is 19.6. The van der Waals surface area contributed by atoms with Crippen LogP contribution in [-0.2, 0) is 6.18 Å². The van der Waals surface area contributed by atoms with Crippen molar-refractivity contribution in [2.45, 2.75) is 6.18 Å². The van der Waals surface area contributed by atoms with Crippen LogP contribution in [-0.4, -0.2) is 4.98 Å². The van der Waals surface area contributed by atoms with Crippen LogP contribution in [0.5, 0.6) is 0 Å². The number of halogens is 5. The predicted octanol–water partition coefficient (Wildman–Crippen LogP) is 7.20. The van der Waals surface area contributed by atoms with Gasteiger partial charge in [-0.05, 0) is 35.9 Å². The molecule has 0 aliphatic carbocycles. The molecule has 0 atom stereocenters. The first-order chi connectivity index (χ1) is 12.8. The maximum absolute atomic E-state index is 13.2. The van der Waals surface area contributed by atoms with E-state index in [1.807, 2.05) is 6.07 Å². The number of alkyl halides is 3. The minimum absolute atomic E-state index is 0.0352. The fraction of sp³-hybridized carbons (Fsp3) is 0.0526. The molecule has 0 aliphatic heterocycles. The number of hydrogen-bond donors (Lipinski definition) is 0. The number of rotatable bonds is 3. The second kappa shape index (κ2) is 7.73. The number of allylic oxidation sites excluding steroid dienone is 1. The number of nitriles is 1. The lowest BCUT2D eigenvalue weighted by Gasteiger charge is -2.09. The van der Waals surface area contributed by atoms with Gasteiger partial charge in [-0.2, -0.15) is 18.4 Å². The molecule has 0 saturated carbocycles. The summed E-state index contributed by atoms with van der Waals surface area (Å²) in [5.74, 6) is 0. The van der Waals surface area contributed by atoms with Crippen molar-refractivity contribution in [3.05, 3.63) is 74.0 Å². The highest BCUT2D eigenvalue weighted by Gasteiger charge is 2.32. The van der Waals surface area contributed by atoms with Crippen molar-refractivity contribution in [1.29, 1.82) is 5.26 Å². The van der Waals surface area contributed by atoms with Crippen molar-refractivity contribution in [3.8, 4) is 17.3 Å². The topological polar surface area (TPSA) is 36.7 Å². The highest BCUT2D eigenvalue weighted by molar-refractivity contribution is 7.11. The Balaban J connectivity index is 2.03. The second-order valence-corrected chi connectivity index (χ2v) is 7.12. The molecule has 0 saturated heterocycles. The van der Waals surface area contributed by atoms with E-state index in [1.165, 1.54) is 24.3 Å². The largest absolute Gasteiger partial charge is 0.416 e. The molecule has 0 radical (unpaired) electrons. The van der Waals surface area contributed by atoms with Gasteiger partial charge in [0.15, 0.2) is 0 Å². The molecule has 0 unspecified atom stereocenters. The summed E-state index contributed by atoms with van der Waals surface area (Å²) in [6.07, 6.45) is -3.33. The van der Waals surface area contributed by atoms with Crippen molar-refractivity contribution >= 4 is 46.2 Å². The van der Waals surface area contributed by atoms with Gasteiger partial charge in [-0.25, -0.2) is 4.98 Å². The van der Waals surface area contributed by atoms with Gasteiger partial charge >= 0.3 is 6.18 Å². The van der Waals surface area contributed by atoms with Crippen molar-refractivity contribution in [1.82, 2.24) is 4.98 Å². The maximum Gasteiger partial charge on any atom is 0.416 e. The Labute approximate surface area is 167 Å². The molecular weight excluding hydrogens is 416 g/mol. The van der Waals surface area contributed by atoms with Crippen LogP contribution >= 0.6 is 34.5 Å². The van der Waals surface area contributed by atoms with Gasteiger partial charge in [0.1, 0.15) is 11.1 Å². The quantitative estimate of drug-likeness (QED) is 0.416. The van der Waals surface area contributed by atoms with E-state index in [1.54, 1.807) is 23.6 Å². The summed E-state index contributed by atoms with van der Waals surface area (Å²) in [7, 11) is 0. The van der Waals surface area contributed by atoms with Crippen molar-refractivity contribution in [2.24, 2.45) is 0 Å². The van der Waals surface area contributed by atoms with E-state index >= 15 is 0 Å². The third kappa shape index (κ3) is 4.33. The van der Waals surface area contributed by atoms with Crippen LogP contribution in [0.25, 0.3) is 22.9 Å². The molecule has 8 heteroatoms. The van der Waals surface area contributed by atoms with Gasteiger partial charge in [0.2, 0.25) is 0 Å². The van der Waals surface area contributed by atoms with Crippen LogP contribution in [0.3, 0.4) is 0 Å². The smallest absolute Gasteiger partial charge is 0.235 e. The average Bonchev–Trinajstić information content (AvgIpc) is 3.08. The van der Waals surface area contributed by atoms with Crippen molar-refractivity contribution in [3.63, 3.8) is 0 Å². The Morgan fingerprint density at radius 1 is 1.15 bits per heavy atom. The molecule has 27 heavy (non-hydrogen) atoms. The fourth-order valence-corrected chi connectivity index (χ4v) is 3.69. The van der Waals surface area contributed by atoms with Gasteiger partial charge in [0.05, 0.1) is 21.9 Å². The van der Waals surface area contributed by atoms with Gasteiger partial charge in [-0.1, -0.05) is 41.4 Å². The average molecular weight is 425 g/mol. The van der Waals surface area contributed by atoms with Crippen LogP contribution in [0.2, 0.25) is 10.0 Å². The Bertz CT molecular complexity index is 1070. The van der Waals surface area contributed by atoms with E-state index in [9.17, 15) is 18.4 Å². The van der Waals surface area contributed by atoms with E-state index in [0.29, 0.717) is 26.3 Å². The minimum atomic E-state index is -4.52. The van der Waals surface area contributed by atoms with E-state index in [-0.39, 0.29) is 11.1 Å². The molecule has 0 N–H and O–H groups in total. The van der Waals surface area contributed by atoms with Crippen molar-refractivity contribution < 1.29 is 13.2 Å². The first kappa shape index (κ1) is 19.4. The Hall–Kier alpha value is -2.33. The van der Waals surface area contributed by atoms with Gasteiger partial charge in [0, 0.05) is 16.0 Å². The number of hydrogen-bond acceptors (Lipinski definition) is 3. The lowest BCUT2D eigenvalue weighted by atomic mass is 10.0. The first-order valence-corrected chi connectivity index (χ1v) is 9.12. The molecule has 2 aromatic carbocycles. The summed E-state index contributed by atoms with van der Waals surface area (Å²) < 4.78 is 39.5. The highest BCUT2D eigenvalue weighted by Crippen LogP contribution is 2.35. The molecule has 3 rings (SSSR count). The molecule has 0 amide bonds. The molecule has 1 aromatic heterocycles. The SMILES string of the molecule is N#CC(=Cc1ccccc1C(F)(F)F)c1nc(-c2ccc(Cl)cc2Cl)cs1. The van der Waals surface area contributed by atoms with Gasteiger partial charge in [-0.15, -0.1) is 11.3 Å². The van der Waals surface area contributed by atoms with Gasteiger partial charge in [-0.3, -0.25) is 0 Å². The zero-order valence-corrected chi connectivity index (χ0v) is 15.7. The molecule has 1 heterocycles. The van der Waals surface area contributed by atoms with Crippen LogP contribution in [0.4, 0.5) is 13.2 Å². The third-order valence-corrected chi connectivity index (χ3v) is 5.05. The van der Waals surface area contributed by atoms with Crippen LogP contribution < -0.4 is 0 Å². The molecule has 0 aliphatic rings. The molecular formula is C19H9Cl2F3N2S. The van der Waals surface area contributed by atoms with E-state index in [0.717, 1.165) is 17.4 Å². The van der Waals surface area contributed by atoms with Crippen LogP contribution in [0, 0.1) is 11.3 Å². The lowest BCUT2D eigenvalue weighted by Crippen LogP contribution is -2.07. The summed E-state index contributed by atoms with van der Waals surface area (Å²) in [6.45, 7) is 0. The second-order valence-electron chi connectivity index (χ2n) is 5.42. The maximum atomic E-state index is 13.2. The Kier molecular flexibility index (Phi) is 5.56. The molecule has 0 fully saturated rings. The standard InChI is InChI=1S/C19H9Cl2F3N2S/c20-13-5-6-14(16(21)8-13)17-10-27-18(26-17)12(9-25)7-11-3-1-2-4-15(11)19(22,23)24/h1-8,10H. The zero-order valence-electron chi connectivity index (χ0n) is 13.4. The van der Waals surface area contributed by atoms with Crippen LogP contribution in [0.15, 0.2) is 47.8 Å². The Morgan fingerprint density at radius 2 is 1.89 bits per heavy atom. The normalized spacial score (nSPS) is 12.1. The minimum Gasteiger partial charge on any atom is -0.235 e. The summed E-state index contributed by atoms with van der Waals surface area (Å²) in [5, 5.41) is 12.3. The number of aromatic nitrogens is 1. The fourth-order valence-electron chi connectivity index (χ4n) is 2.40. The van der Waals surface area contributed by atoms with Crippen LogP contribution in [0.1, 0.15) is 16.1 Å². The van der Waals surface area contributed by atoms with E-state index in [2.05, 4.69) is 4.98 Å². The summed E-state index contributed by atoms with van der Waals surface area (Å²) in [6, 6.07) is 11.9. The summed E-state index contributed by atoms with van der Waals surface area (Å²) >= 11 is 13.2. The van der Waals surface area contributed by atoms with Gasteiger partial charge in [0.25, 0.3) is 0 Å². The van der Waals surface area contributed by atoms with E-state index < -0.39 is 11.7 Å². The summed E-state index contributed by atoms with van der Waals surface area (Å²) in [5.41, 5.74) is 0.268. The molecule has 0 bridgehead atoms. The summed E-state index contributed by atoms with van der Waals surface area (Å²) in [4.78, 5) is 4.35. The van der Waals surface area contributed by atoms with Crippen molar-refractivity contribution in [2.75, 3.05) is 0 Å².